The van der Waals surface area contributed by atoms with Gasteiger partial charge >= 0.3 is 0 Å². The second kappa shape index (κ2) is 12.7. The van der Waals surface area contributed by atoms with E-state index in [9.17, 15) is 5.26 Å². The highest BCUT2D eigenvalue weighted by Crippen LogP contribution is 2.43. The Morgan fingerprint density at radius 1 is 1.40 bits per heavy atom. The molecular formula is C20H29BrN2S2. The Labute approximate surface area is 170 Å². The molecule has 0 amide bonds. The third-order valence-electron chi connectivity index (χ3n) is 4.25. The molecule has 0 fully saturated rings. The Balaban J connectivity index is 3.25. The van der Waals surface area contributed by atoms with Crippen LogP contribution >= 0.6 is 39.5 Å². The van der Waals surface area contributed by atoms with Gasteiger partial charge in [-0.3, -0.25) is 0 Å². The number of halogens is 1. The van der Waals surface area contributed by atoms with E-state index < -0.39 is 0 Å². The zero-order chi connectivity index (χ0) is 18.7. The number of rotatable bonds is 10. The maximum absolute atomic E-state index is 9.61. The highest BCUT2D eigenvalue weighted by molar-refractivity contribution is 9.14. The topological polar surface area (TPSA) is 35.8 Å². The van der Waals surface area contributed by atoms with Gasteiger partial charge in [0.1, 0.15) is 6.07 Å². The van der Waals surface area contributed by atoms with Crippen LogP contribution in [0.15, 0.2) is 43.3 Å². The fourth-order valence-electron chi connectivity index (χ4n) is 2.78. The van der Waals surface area contributed by atoms with Gasteiger partial charge in [-0.15, -0.1) is 23.5 Å². The predicted octanol–water partition coefficient (Wildman–Crippen LogP) is 6.89. The number of nitriles is 1. The molecule has 2 nitrogen and oxygen atoms in total. The van der Waals surface area contributed by atoms with Crippen LogP contribution in [0.4, 0.5) is 0 Å². The summed E-state index contributed by atoms with van der Waals surface area (Å²) in [6.45, 7) is 6.44. The maximum atomic E-state index is 9.61. The zero-order valence-electron chi connectivity index (χ0n) is 15.7. The summed E-state index contributed by atoms with van der Waals surface area (Å²) < 4.78 is 0.978. The van der Waals surface area contributed by atoms with Gasteiger partial charge in [-0.2, -0.15) is 5.26 Å². The maximum Gasteiger partial charge on any atom is 0.101 e. The number of hydrogen-bond donors (Lipinski definition) is 1. The first kappa shape index (κ1) is 22.5. The molecule has 138 valence electrons. The molecule has 0 aromatic heterocycles. The van der Waals surface area contributed by atoms with Crippen LogP contribution < -0.4 is 5.32 Å². The Morgan fingerprint density at radius 2 is 2.16 bits per heavy atom. The van der Waals surface area contributed by atoms with Crippen LogP contribution in [0.3, 0.4) is 0 Å². The molecule has 1 heterocycles. The number of nitrogens with one attached hydrogen (secondary N) is 1. The number of allylic oxidation sites excluding steroid dienone is 4. The molecule has 0 aromatic rings. The molecule has 1 rings (SSSR count). The van der Waals surface area contributed by atoms with Gasteiger partial charge in [0.2, 0.25) is 0 Å². The minimum atomic E-state index is 0.816. The molecule has 0 aliphatic carbocycles. The highest BCUT2D eigenvalue weighted by Gasteiger charge is 2.24. The smallest absolute Gasteiger partial charge is 0.101 e. The van der Waals surface area contributed by atoms with E-state index >= 15 is 0 Å². The van der Waals surface area contributed by atoms with Crippen LogP contribution in [0.25, 0.3) is 0 Å². The van der Waals surface area contributed by atoms with Crippen molar-refractivity contribution in [1.82, 2.24) is 5.32 Å². The van der Waals surface area contributed by atoms with Crippen LogP contribution in [0, 0.1) is 11.3 Å². The van der Waals surface area contributed by atoms with E-state index in [1.807, 2.05) is 14.0 Å². The van der Waals surface area contributed by atoms with Gasteiger partial charge in [0.15, 0.2) is 0 Å². The van der Waals surface area contributed by atoms with Gasteiger partial charge in [-0.05, 0) is 64.7 Å². The van der Waals surface area contributed by atoms with E-state index in [0.717, 1.165) is 27.3 Å². The molecule has 0 spiro atoms. The molecule has 0 saturated carbocycles. The Morgan fingerprint density at radius 3 is 2.76 bits per heavy atom. The predicted molar refractivity (Wildman–Crippen MR) is 119 cm³/mol. The largest absolute Gasteiger partial charge is 0.391 e. The number of unbranched alkanes of at least 4 members (excludes halogenated alkanes) is 3. The van der Waals surface area contributed by atoms with Crippen LogP contribution in [0.2, 0.25) is 0 Å². The van der Waals surface area contributed by atoms with Crippen molar-refractivity contribution in [1.29, 1.82) is 5.26 Å². The van der Waals surface area contributed by atoms with E-state index in [1.54, 1.807) is 23.5 Å². The molecule has 5 heteroatoms. The first-order valence-corrected chi connectivity index (χ1v) is 11.7. The minimum absolute atomic E-state index is 0.816. The number of hydrogen-bond acceptors (Lipinski definition) is 4. The zero-order valence-corrected chi connectivity index (χ0v) is 19.0. The van der Waals surface area contributed by atoms with Crippen molar-refractivity contribution in [3.8, 4) is 6.07 Å². The Hall–Kier alpha value is -0.570. The van der Waals surface area contributed by atoms with Crippen molar-refractivity contribution < 1.29 is 0 Å². The normalized spacial score (nSPS) is 17.8. The third kappa shape index (κ3) is 6.92. The minimum Gasteiger partial charge on any atom is -0.391 e. The lowest BCUT2D eigenvalue weighted by molar-refractivity contribution is 0.661. The van der Waals surface area contributed by atoms with Crippen molar-refractivity contribution in [2.45, 2.75) is 52.9 Å². The molecule has 0 saturated heterocycles. The van der Waals surface area contributed by atoms with E-state index in [1.165, 1.54) is 48.1 Å². The number of thioether (sulfide) groups is 2. The molecule has 1 aliphatic heterocycles. The lowest BCUT2D eigenvalue weighted by Gasteiger charge is -2.18. The molecule has 1 aliphatic rings. The van der Waals surface area contributed by atoms with E-state index in [4.69, 9.17) is 0 Å². The summed E-state index contributed by atoms with van der Waals surface area (Å²) in [5.74, 6) is 1.79. The van der Waals surface area contributed by atoms with Crippen molar-refractivity contribution >= 4 is 39.5 Å². The van der Waals surface area contributed by atoms with Crippen molar-refractivity contribution in [2.24, 2.45) is 0 Å². The summed E-state index contributed by atoms with van der Waals surface area (Å²) in [5, 5.41) is 15.1. The Kier molecular flexibility index (Phi) is 11.4. The fraction of sp³-hybridized carbons (Fsp3) is 0.550. The average molecular weight is 442 g/mol. The molecule has 0 atom stereocenters. The van der Waals surface area contributed by atoms with E-state index in [-0.39, 0.29) is 0 Å². The SMILES string of the molecule is C/C=C\SCC(/C(CCCCCC)=C(/C)NC)=C1/CSC(Br)=C1C#N. The van der Waals surface area contributed by atoms with Crippen LogP contribution in [0.1, 0.15) is 52.9 Å². The van der Waals surface area contributed by atoms with Gasteiger partial charge in [0, 0.05) is 24.3 Å². The standard InChI is InChI=1S/C20H29BrN2S2/c1-5-7-8-9-10-16(15(3)23-4)18(13-24-11-6-2)19-14-25-20(21)17(19)12-22/h6,11,23H,5,7-10,13-14H2,1-4H3/b11-6-,16-15-,19-18+. The first-order chi connectivity index (χ1) is 12.1. The summed E-state index contributed by atoms with van der Waals surface area (Å²) in [7, 11) is 1.99. The van der Waals surface area contributed by atoms with Gasteiger partial charge in [-0.1, -0.05) is 32.3 Å². The van der Waals surface area contributed by atoms with Crippen molar-refractivity contribution in [3.63, 3.8) is 0 Å². The van der Waals surface area contributed by atoms with E-state index in [2.05, 4.69) is 52.6 Å². The summed E-state index contributed by atoms with van der Waals surface area (Å²) in [6.07, 6.45) is 8.15. The van der Waals surface area contributed by atoms with Crippen LogP contribution in [-0.2, 0) is 0 Å². The van der Waals surface area contributed by atoms with Gasteiger partial charge in [0.05, 0.1) is 9.39 Å². The highest BCUT2D eigenvalue weighted by atomic mass is 79.9. The molecule has 0 aromatic carbocycles. The van der Waals surface area contributed by atoms with Crippen molar-refractivity contribution in [3.05, 3.63) is 43.3 Å². The molecule has 0 radical (unpaired) electrons. The molecule has 0 bridgehead atoms. The summed E-state index contributed by atoms with van der Waals surface area (Å²) in [4.78, 5) is 0. The summed E-state index contributed by atoms with van der Waals surface area (Å²) >= 11 is 7.09. The average Bonchev–Trinajstić information content (AvgIpc) is 2.99. The lowest BCUT2D eigenvalue weighted by atomic mass is 9.92. The van der Waals surface area contributed by atoms with Gasteiger partial charge in [0.25, 0.3) is 0 Å². The molecule has 1 N–H and O–H groups in total. The van der Waals surface area contributed by atoms with Crippen LogP contribution in [-0.4, -0.2) is 18.6 Å². The van der Waals surface area contributed by atoms with Gasteiger partial charge in [-0.25, -0.2) is 0 Å². The molecular weight excluding hydrogens is 412 g/mol. The second-order valence-electron chi connectivity index (χ2n) is 5.95. The van der Waals surface area contributed by atoms with Gasteiger partial charge < -0.3 is 5.32 Å². The number of nitrogens with zero attached hydrogens (tertiary/aromatic N) is 1. The van der Waals surface area contributed by atoms with E-state index in [0.29, 0.717) is 0 Å². The Bertz CT molecular complexity index is 610. The lowest BCUT2D eigenvalue weighted by Crippen LogP contribution is -2.11. The monoisotopic (exact) mass is 440 g/mol. The molecule has 25 heavy (non-hydrogen) atoms. The van der Waals surface area contributed by atoms with Crippen molar-refractivity contribution in [2.75, 3.05) is 18.6 Å². The third-order valence-corrected chi connectivity index (χ3v) is 7.14. The first-order valence-electron chi connectivity index (χ1n) is 8.86. The van der Waals surface area contributed by atoms with Crippen LogP contribution in [0.5, 0.6) is 0 Å². The second-order valence-corrected chi connectivity index (χ2v) is 9.15. The quantitative estimate of drug-likeness (QED) is 0.375. The fourth-order valence-corrected chi connectivity index (χ4v) is 5.15. The summed E-state index contributed by atoms with van der Waals surface area (Å²) in [5.41, 5.74) is 5.98. The summed E-state index contributed by atoms with van der Waals surface area (Å²) in [6, 6.07) is 2.41. The molecule has 0 unspecified atom stereocenters.